The van der Waals surface area contributed by atoms with Crippen molar-refractivity contribution in [1.29, 1.82) is 0 Å². The number of hydrogen-bond acceptors (Lipinski definition) is 3. The molecule has 0 aromatic heterocycles. The van der Waals surface area contributed by atoms with Gasteiger partial charge in [0.15, 0.2) is 5.11 Å². The van der Waals surface area contributed by atoms with Crippen molar-refractivity contribution in [2.45, 2.75) is 52.4 Å². The Balaban J connectivity index is 2.47. The molecule has 0 saturated heterocycles. The minimum absolute atomic E-state index is 0.183. The van der Waals surface area contributed by atoms with Gasteiger partial charge in [0.2, 0.25) is 0 Å². The molecule has 2 N–H and O–H groups in total. The van der Waals surface area contributed by atoms with Crippen molar-refractivity contribution < 1.29 is 0 Å². The minimum Gasteiger partial charge on any atom is -0.359 e. The Kier molecular flexibility index (Phi) is 5.62. The Morgan fingerprint density at radius 2 is 1.65 bits per heavy atom. The van der Waals surface area contributed by atoms with Crippen LogP contribution >= 0.6 is 12.2 Å². The van der Waals surface area contributed by atoms with Crippen LogP contribution in [0.1, 0.15) is 40.2 Å². The first-order valence-electron chi connectivity index (χ1n) is 6.72. The van der Waals surface area contributed by atoms with E-state index in [4.69, 9.17) is 12.2 Å². The zero-order chi connectivity index (χ0) is 15.2. The van der Waals surface area contributed by atoms with Crippen LogP contribution in [0.2, 0.25) is 0 Å². The van der Waals surface area contributed by atoms with Crippen LogP contribution in [0.15, 0.2) is 40.6 Å². The summed E-state index contributed by atoms with van der Waals surface area (Å²) in [6.07, 6.45) is 0. The SMILES string of the molecule is CC(C)(C)N=NC(C)(C)NC(=S)NCc1ccccc1. The lowest BCUT2D eigenvalue weighted by Gasteiger charge is -2.24. The molecular weight excluding hydrogens is 268 g/mol. The molecule has 0 atom stereocenters. The molecule has 0 amide bonds. The smallest absolute Gasteiger partial charge is 0.168 e. The van der Waals surface area contributed by atoms with Gasteiger partial charge in [-0.1, -0.05) is 30.3 Å². The van der Waals surface area contributed by atoms with Crippen LogP contribution in [-0.4, -0.2) is 16.3 Å². The van der Waals surface area contributed by atoms with Gasteiger partial charge in [0.25, 0.3) is 0 Å². The topological polar surface area (TPSA) is 48.8 Å². The minimum atomic E-state index is -0.520. The zero-order valence-electron chi connectivity index (χ0n) is 12.9. The molecule has 1 aromatic carbocycles. The van der Waals surface area contributed by atoms with Gasteiger partial charge in [0.05, 0.1) is 5.54 Å². The molecule has 4 nitrogen and oxygen atoms in total. The largest absolute Gasteiger partial charge is 0.359 e. The van der Waals surface area contributed by atoms with E-state index in [-0.39, 0.29) is 5.54 Å². The Labute approximate surface area is 127 Å². The van der Waals surface area contributed by atoms with E-state index in [0.717, 1.165) is 0 Å². The van der Waals surface area contributed by atoms with E-state index >= 15 is 0 Å². The van der Waals surface area contributed by atoms with E-state index in [2.05, 4.69) is 33.0 Å². The fourth-order valence-electron chi connectivity index (χ4n) is 1.40. The molecule has 1 aromatic rings. The molecule has 0 unspecified atom stereocenters. The fourth-order valence-corrected chi connectivity index (χ4v) is 1.72. The van der Waals surface area contributed by atoms with Gasteiger partial charge in [0.1, 0.15) is 5.66 Å². The zero-order valence-corrected chi connectivity index (χ0v) is 13.7. The quantitative estimate of drug-likeness (QED) is 0.658. The summed E-state index contributed by atoms with van der Waals surface area (Å²) < 4.78 is 0. The average molecular weight is 292 g/mol. The number of thiocarbonyl (C=S) groups is 1. The van der Waals surface area contributed by atoms with Crippen molar-refractivity contribution >= 4 is 17.3 Å². The van der Waals surface area contributed by atoms with Crippen LogP contribution in [0.5, 0.6) is 0 Å². The number of azo groups is 1. The molecule has 0 aliphatic carbocycles. The number of nitrogens with zero attached hydrogens (tertiary/aromatic N) is 2. The molecule has 0 aliphatic heterocycles. The van der Waals surface area contributed by atoms with Crippen molar-refractivity contribution in [2.24, 2.45) is 10.2 Å². The highest BCUT2D eigenvalue weighted by atomic mass is 32.1. The molecule has 0 radical (unpaired) electrons. The van der Waals surface area contributed by atoms with Crippen LogP contribution in [0, 0.1) is 0 Å². The van der Waals surface area contributed by atoms with Gasteiger partial charge in [-0.15, -0.1) is 0 Å². The summed E-state index contributed by atoms with van der Waals surface area (Å²) in [5, 5.41) is 15.5. The summed E-state index contributed by atoms with van der Waals surface area (Å²) in [6.45, 7) is 10.6. The van der Waals surface area contributed by atoms with Gasteiger partial charge >= 0.3 is 0 Å². The molecule has 20 heavy (non-hydrogen) atoms. The molecule has 0 heterocycles. The molecule has 0 bridgehead atoms. The van der Waals surface area contributed by atoms with Crippen molar-refractivity contribution in [2.75, 3.05) is 0 Å². The maximum atomic E-state index is 5.29. The van der Waals surface area contributed by atoms with Gasteiger partial charge in [-0.25, -0.2) is 0 Å². The fraction of sp³-hybridized carbons (Fsp3) is 0.533. The van der Waals surface area contributed by atoms with E-state index in [0.29, 0.717) is 11.7 Å². The maximum Gasteiger partial charge on any atom is 0.168 e. The lowest BCUT2D eigenvalue weighted by Crippen LogP contribution is -2.46. The third-order valence-electron chi connectivity index (χ3n) is 2.32. The van der Waals surface area contributed by atoms with Crippen LogP contribution in [0.4, 0.5) is 0 Å². The molecule has 110 valence electrons. The van der Waals surface area contributed by atoms with Gasteiger partial charge in [0, 0.05) is 6.54 Å². The molecule has 0 spiro atoms. The average Bonchev–Trinajstić information content (AvgIpc) is 2.34. The van der Waals surface area contributed by atoms with Crippen molar-refractivity contribution in [1.82, 2.24) is 10.6 Å². The molecule has 0 saturated carbocycles. The third-order valence-corrected chi connectivity index (χ3v) is 2.56. The predicted octanol–water partition coefficient (Wildman–Crippen LogP) is 3.64. The molecule has 0 aliphatic rings. The summed E-state index contributed by atoms with van der Waals surface area (Å²) in [7, 11) is 0. The van der Waals surface area contributed by atoms with Crippen LogP contribution in [0.25, 0.3) is 0 Å². The second kappa shape index (κ2) is 6.79. The highest BCUT2D eigenvalue weighted by Gasteiger charge is 2.19. The van der Waals surface area contributed by atoms with Crippen molar-refractivity contribution in [3.63, 3.8) is 0 Å². The van der Waals surface area contributed by atoms with Crippen LogP contribution in [0.3, 0.4) is 0 Å². The van der Waals surface area contributed by atoms with Gasteiger partial charge in [-0.2, -0.15) is 10.2 Å². The Bertz CT molecular complexity index is 461. The lowest BCUT2D eigenvalue weighted by atomic mass is 10.1. The van der Waals surface area contributed by atoms with E-state index < -0.39 is 5.66 Å². The van der Waals surface area contributed by atoms with E-state index in [1.165, 1.54) is 5.56 Å². The summed E-state index contributed by atoms with van der Waals surface area (Å²) >= 11 is 5.29. The summed E-state index contributed by atoms with van der Waals surface area (Å²) in [5.74, 6) is 0. The second-order valence-electron chi connectivity index (χ2n) is 6.22. The van der Waals surface area contributed by atoms with Crippen LogP contribution in [-0.2, 0) is 6.54 Å². The van der Waals surface area contributed by atoms with Crippen molar-refractivity contribution in [3.8, 4) is 0 Å². The number of rotatable bonds is 4. The van der Waals surface area contributed by atoms with Crippen molar-refractivity contribution in [3.05, 3.63) is 35.9 Å². The third kappa shape index (κ3) is 7.19. The number of benzene rings is 1. The molecule has 1 rings (SSSR count). The first kappa shape index (κ1) is 16.6. The van der Waals surface area contributed by atoms with E-state index in [1.807, 2.05) is 52.8 Å². The number of hydrogen-bond donors (Lipinski definition) is 2. The number of nitrogens with one attached hydrogen (secondary N) is 2. The van der Waals surface area contributed by atoms with Gasteiger partial charge < -0.3 is 10.6 Å². The Morgan fingerprint density at radius 1 is 1.05 bits per heavy atom. The first-order chi connectivity index (χ1) is 9.18. The predicted molar refractivity (Wildman–Crippen MR) is 87.7 cm³/mol. The first-order valence-corrected chi connectivity index (χ1v) is 7.13. The lowest BCUT2D eigenvalue weighted by molar-refractivity contribution is 0.414. The normalized spacial score (nSPS) is 12.4. The van der Waals surface area contributed by atoms with Gasteiger partial charge in [-0.3, -0.25) is 0 Å². The second-order valence-corrected chi connectivity index (χ2v) is 6.63. The van der Waals surface area contributed by atoms with Crippen LogP contribution < -0.4 is 10.6 Å². The molecule has 5 heteroatoms. The summed E-state index contributed by atoms with van der Waals surface area (Å²) in [5.41, 5.74) is 0.484. The maximum absolute atomic E-state index is 5.29. The monoisotopic (exact) mass is 292 g/mol. The summed E-state index contributed by atoms with van der Waals surface area (Å²) in [6, 6.07) is 10.1. The van der Waals surface area contributed by atoms with Gasteiger partial charge in [-0.05, 0) is 52.4 Å². The van der Waals surface area contributed by atoms with E-state index in [9.17, 15) is 0 Å². The molecular formula is C15H24N4S. The Hall–Kier alpha value is -1.49. The highest BCUT2D eigenvalue weighted by molar-refractivity contribution is 7.80. The van der Waals surface area contributed by atoms with E-state index in [1.54, 1.807) is 0 Å². The Morgan fingerprint density at radius 3 is 2.20 bits per heavy atom. The molecule has 0 fully saturated rings. The standard InChI is InChI=1S/C15H24N4S/c1-14(2,3)18-19-15(4,5)17-13(20)16-11-12-9-7-6-8-10-12/h6-10H,11H2,1-5H3,(H2,16,17,20). The highest BCUT2D eigenvalue weighted by Crippen LogP contribution is 2.12. The summed E-state index contributed by atoms with van der Waals surface area (Å²) in [4.78, 5) is 0.